The molecular formula is C26H27N3. The van der Waals surface area contributed by atoms with E-state index in [1.165, 1.54) is 33.3 Å². The van der Waals surface area contributed by atoms with Crippen molar-refractivity contribution in [2.24, 2.45) is 0 Å². The third kappa shape index (κ3) is 3.48. The van der Waals surface area contributed by atoms with Gasteiger partial charge in [-0.2, -0.15) is 0 Å². The van der Waals surface area contributed by atoms with Crippen LogP contribution in [0.15, 0.2) is 84.9 Å². The predicted octanol–water partition coefficient (Wildman–Crippen LogP) is 5.17. The summed E-state index contributed by atoms with van der Waals surface area (Å²) >= 11 is 0. The number of rotatable bonds is 4. The average Bonchev–Trinajstić information content (AvgIpc) is 3.16. The molecule has 1 atom stereocenters. The fourth-order valence-electron chi connectivity index (χ4n) is 4.56. The number of hydrogen-bond acceptors (Lipinski definition) is 2. The van der Waals surface area contributed by atoms with Crippen molar-refractivity contribution in [2.75, 3.05) is 33.2 Å². The molecule has 1 N–H and O–H groups in total. The van der Waals surface area contributed by atoms with Crippen LogP contribution in [0.4, 0.5) is 0 Å². The fourth-order valence-corrected chi connectivity index (χ4v) is 4.56. The van der Waals surface area contributed by atoms with Crippen LogP contribution in [-0.4, -0.2) is 48.0 Å². The standard InChI is InChI=1S/C26H27N3/c1-28-16-18-29(19-17-28)26(21-12-6-3-7-13-21)24-22-14-8-9-15-23(22)27-25(24)20-10-4-2-5-11-20/h2-15,26-27H,16-19H2,1H3. The van der Waals surface area contributed by atoms with Crippen molar-refractivity contribution in [1.29, 1.82) is 0 Å². The first kappa shape index (κ1) is 18.2. The lowest BCUT2D eigenvalue weighted by molar-refractivity contribution is 0.128. The molecule has 4 aromatic rings. The Hall–Kier alpha value is -2.88. The van der Waals surface area contributed by atoms with Crippen molar-refractivity contribution in [2.45, 2.75) is 6.04 Å². The number of nitrogens with one attached hydrogen (secondary N) is 1. The van der Waals surface area contributed by atoms with Gasteiger partial charge in [0, 0.05) is 42.6 Å². The summed E-state index contributed by atoms with van der Waals surface area (Å²) in [4.78, 5) is 8.81. The highest BCUT2D eigenvalue weighted by Gasteiger charge is 2.30. The number of likely N-dealkylation sites (N-methyl/N-ethyl adjacent to an activating group) is 1. The Morgan fingerprint density at radius 2 is 1.34 bits per heavy atom. The maximum atomic E-state index is 3.74. The molecule has 0 aliphatic carbocycles. The summed E-state index contributed by atoms with van der Waals surface area (Å²) in [5, 5.41) is 1.32. The molecule has 0 spiro atoms. The Labute approximate surface area is 172 Å². The lowest BCUT2D eigenvalue weighted by atomic mass is 9.92. The van der Waals surface area contributed by atoms with E-state index in [1.54, 1.807) is 0 Å². The monoisotopic (exact) mass is 381 g/mol. The molecule has 0 saturated carbocycles. The van der Waals surface area contributed by atoms with Crippen LogP contribution in [0.5, 0.6) is 0 Å². The van der Waals surface area contributed by atoms with E-state index in [0.29, 0.717) is 0 Å². The number of piperazine rings is 1. The third-order valence-electron chi connectivity index (χ3n) is 6.10. The second-order valence-electron chi connectivity index (χ2n) is 7.98. The fraction of sp³-hybridized carbons (Fsp3) is 0.231. The molecular weight excluding hydrogens is 354 g/mol. The first-order chi connectivity index (χ1) is 14.3. The van der Waals surface area contributed by atoms with Gasteiger partial charge in [-0.1, -0.05) is 78.9 Å². The van der Waals surface area contributed by atoms with E-state index in [2.05, 4.69) is 107 Å². The summed E-state index contributed by atoms with van der Waals surface area (Å²) in [6.45, 7) is 4.35. The van der Waals surface area contributed by atoms with Gasteiger partial charge < -0.3 is 9.88 Å². The van der Waals surface area contributed by atoms with Gasteiger partial charge in [-0.05, 0) is 24.2 Å². The summed E-state index contributed by atoms with van der Waals surface area (Å²) < 4.78 is 0. The normalized spacial score (nSPS) is 16.9. The van der Waals surface area contributed by atoms with Crippen LogP contribution in [0.3, 0.4) is 0 Å². The van der Waals surface area contributed by atoms with Crippen LogP contribution in [0.1, 0.15) is 17.2 Å². The molecule has 29 heavy (non-hydrogen) atoms. The molecule has 5 rings (SSSR count). The largest absolute Gasteiger partial charge is 0.354 e. The molecule has 1 saturated heterocycles. The van der Waals surface area contributed by atoms with E-state index < -0.39 is 0 Å². The van der Waals surface area contributed by atoms with E-state index in [9.17, 15) is 0 Å². The number of H-pyrrole nitrogens is 1. The predicted molar refractivity (Wildman–Crippen MR) is 121 cm³/mol. The molecule has 0 amide bonds. The van der Waals surface area contributed by atoms with E-state index in [4.69, 9.17) is 0 Å². The first-order valence-corrected chi connectivity index (χ1v) is 10.4. The molecule has 1 aliphatic rings. The van der Waals surface area contributed by atoms with Gasteiger partial charge in [-0.25, -0.2) is 0 Å². The smallest absolute Gasteiger partial charge is 0.0630 e. The summed E-state index contributed by atoms with van der Waals surface area (Å²) in [6.07, 6.45) is 0. The van der Waals surface area contributed by atoms with Crippen LogP contribution >= 0.6 is 0 Å². The molecule has 1 unspecified atom stereocenters. The van der Waals surface area contributed by atoms with Gasteiger partial charge in [-0.15, -0.1) is 0 Å². The number of aromatic nitrogens is 1. The molecule has 1 aromatic heterocycles. The second kappa shape index (κ2) is 7.86. The van der Waals surface area contributed by atoms with Crippen molar-refractivity contribution in [3.63, 3.8) is 0 Å². The number of hydrogen-bond donors (Lipinski definition) is 1. The number of aromatic amines is 1. The number of nitrogens with zero attached hydrogens (tertiary/aromatic N) is 2. The third-order valence-corrected chi connectivity index (χ3v) is 6.10. The van der Waals surface area contributed by atoms with Crippen LogP contribution in [0.2, 0.25) is 0 Å². The summed E-state index contributed by atoms with van der Waals surface area (Å²) in [6, 6.07) is 30.7. The minimum absolute atomic E-state index is 0.233. The summed E-state index contributed by atoms with van der Waals surface area (Å²) in [7, 11) is 2.22. The number of para-hydroxylation sites is 1. The highest BCUT2D eigenvalue weighted by molar-refractivity contribution is 5.91. The number of benzene rings is 3. The first-order valence-electron chi connectivity index (χ1n) is 10.4. The molecule has 3 aromatic carbocycles. The van der Waals surface area contributed by atoms with Crippen LogP contribution in [-0.2, 0) is 0 Å². The maximum absolute atomic E-state index is 3.74. The summed E-state index contributed by atoms with van der Waals surface area (Å²) in [5.74, 6) is 0. The maximum Gasteiger partial charge on any atom is 0.0630 e. The van der Waals surface area contributed by atoms with Gasteiger partial charge in [0.1, 0.15) is 0 Å². The molecule has 0 bridgehead atoms. The molecule has 3 nitrogen and oxygen atoms in total. The van der Waals surface area contributed by atoms with E-state index in [-0.39, 0.29) is 6.04 Å². The lowest BCUT2D eigenvalue weighted by Crippen LogP contribution is -2.46. The van der Waals surface area contributed by atoms with Crippen molar-refractivity contribution in [3.8, 4) is 11.3 Å². The Kier molecular flexibility index (Phi) is 4.92. The summed E-state index contributed by atoms with van der Waals surface area (Å²) in [5.41, 5.74) is 6.44. The SMILES string of the molecule is CN1CCN(C(c2ccccc2)c2c(-c3ccccc3)[nH]c3ccccc23)CC1. The second-order valence-corrected chi connectivity index (χ2v) is 7.98. The van der Waals surface area contributed by atoms with Crippen molar-refractivity contribution < 1.29 is 0 Å². The zero-order valence-electron chi connectivity index (χ0n) is 16.9. The molecule has 3 heteroatoms. The van der Waals surface area contributed by atoms with Crippen LogP contribution in [0, 0.1) is 0 Å². The van der Waals surface area contributed by atoms with Gasteiger partial charge >= 0.3 is 0 Å². The number of fused-ring (bicyclic) bond motifs is 1. The van der Waals surface area contributed by atoms with Gasteiger partial charge in [0.25, 0.3) is 0 Å². The van der Waals surface area contributed by atoms with Crippen molar-refractivity contribution in [3.05, 3.63) is 96.1 Å². The van der Waals surface area contributed by atoms with Crippen LogP contribution in [0.25, 0.3) is 22.2 Å². The van der Waals surface area contributed by atoms with E-state index in [1.807, 2.05) is 0 Å². The van der Waals surface area contributed by atoms with E-state index in [0.717, 1.165) is 26.2 Å². The molecule has 1 aliphatic heterocycles. The molecule has 2 heterocycles. The van der Waals surface area contributed by atoms with Crippen LogP contribution < -0.4 is 0 Å². The quantitative estimate of drug-likeness (QED) is 0.527. The van der Waals surface area contributed by atoms with Gasteiger partial charge in [0.05, 0.1) is 11.7 Å². The van der Waals surface area contributed by atoms with Crippen molar-refractivity contribution >= 4 is 10.9 Å². The topological polar surface area (TPSA) is 22.3 Å². The molecule has 0 radical (unpaired) electrons. The van der Waals surface area contributed by atoms with Gasteiger partial charge in [0.15, 0.2) is 0 Å². The average molecular weight is 382 g/mol. The lowest BCUT2D eigenvalue weighted by Gasteiger charge is -2.38. The van der Waals surface area contributed by atoms with E-state index >= 15 is 0 Å². The minimum Gasteiger partial charge on any atom is -0.354 e. The van der Waals surface area contributed by atoms with Gasteiger partial charge in [0.2, 0.25) is 0 Å². The zero-order valence-corrected chi connectivity index (χ0v) is 16.9. The van der Waals surface area contributed by atoms with Crippen molar-refractivity contribution in [1.82, 2.24) is 14.8 Å². The highest BCUT2D eigenvalue weighted by Crippen LogP contribution is 2.40. The van der Waals surface area contributed by atoms with Gasteiger partial charge in [-0.3, -0.25) is 4.90 Å². The molecule has 146 valence electrons. The Morgan fingerprint density at radius 3 is 2.07 bits per heavy atom. The Morgan fingerprint density at radius 1 is 0.724 bits per heavy atom. The zero-order chi connectivity index (χ0) is 19.6. The Bertz CT molecular complexity index is 1080. The molecule has 1 fully saturated rings. The Balaban J connectivity index is 1.73. The highest BCUT2D eigenvalue weighted by atomic mass is 15.3. The minimum atomic E-state index is 0.233.